The summed E-state index contributed by atoms with van der Waals surface area (Å²) in [7, 11) is 0. The Morgan fingerprint density at radius 1 is 1.38 bits per heavy atom. The zero-order valence-corrected chi connectivity index (χ0v) is 11.1. The van der Waals surface area contributed by atoms with Crippen LogP contribution in [0, 0.1) is 5.92 Å². The summed E-state index contributed by atoms with van der Waals surface area (Å²) < 4.78 is 0. The lowest BCUT2D eigenvalue weighted by Crippen LogP contribution is -2.47. The van der Waals surface area contributed by atoms with Gasteiger partial charge in [0, 0.05) is 6.04 Å². The van der Waals surface area contributed by atoms with E-state index in [1.54, 1.807) is 0 Å². The Labute approximate surface area is 107 Å². The molecule has 3 atom stereocenters. The van der Waals surface area contributed by atoms with E-state index < -0.39 is 0 Å². The summed E-state index contributed by atoms with van der Waals surface area (Å²) in [6.07, 6.45) is 1.16. The van der Waals surface area contributed by atoms with Crippen molar-refractivity contribution in [3.8, 4) is 0 Å². The van der Waals surface area contributed by atoms with E-state index in [-0.39, 0.29) is 0 Å². The number of rotatable bonds is 3. The van der Waals surface area contributed by atoms with Crippen LogP contribution in [0.3, 0.4) is 0 Å². The van der Waals surface area contributed by atoms with E-state index in [2.05, 4.69) is 25.2 Å². The van der Waals surface area contributed by atoms with Gasteiger partial charge >= 0.3 is 0 Å². The summed E-state index contributed by atoms with van der Waals surface area (Å²) in [5.41, 5.74) is 1.20. The molecule has 1 saturated carbocycles. The van der Waals surface area contributed by atoms with Crippen molar-refractivity contribution < 1.29 is 0 Å². The van der Waals surface area contributed by atoms with Gasteiger partial charge in [-0.2, -0.15) is 0 Å². The van der Waals surface area contributed by atoms with E-state index in [9.17, 15) is 0 Å². The van der Waals surface area contributed by atoms with E-state index in [1.807, 2.05) is 12.1 Å². The molecule has 1 fully saturated rings. The van der Waals surface area contributed by atoms with Crippen molar-refractivity contribution in [2.45, 2.75) is 32.2 Å². The molecule has 0 aliphatic heterocycles. The van der Waals surface area contributed by atoms with Crippen LogP contribution in [-0.2, 0) is 0 Å². The molecule has 3 heteroatoms. The van der Waals surface area contributed by atoms with E-state index >= 15 is 0 Å². The number of halogens is 2. The lowest BCUT2D eigenvalue weighted by Gasteiger charge is -2.44. The van der Waals surface area contributed by atoms with Crippen molar-refractivity contribution in [2.75, 3.05) is 6.54 Å². The van der Waals surface area contributed by atoms with Crippen LogP contribution in [0.5, 0.6) is 0 Å². The van der Waals surface area contributed by atoms with Gasteiger partial charge in [0.2, 0.25) is 0 Å². The summed E-state index contributed by atoms with van der Waals surface area (Å²) in [5, 5.41) is 4.89. The Morgan fingerprint density at radius 3 is 2.75 bits per heavy atom. The van der Waals surface area contributed by atoms with Crippen LogP contribution < -0.4 is 5.32 Å². The number of benzene rings is 1. The van der Waals surface area contributed by atoms with Crippen molar-refractivity contribution in [1.29, 1.82) is 0 Å². The fourth-order valence-corrected chi connectivity index (χ4v) is 2.98. The third kappa shape index (κ3) is 2.09. The van der Waals surface area contributed by atoms with Gasteiger partial charge in [0.25, 0.3) is 0 Å². The second-order valence-electron chi connectivity index (χ2n) is 4.51. The monoisotopic (exact) mass is 257 g/mol. The molecule has 0 amide bonds. The predicted octanol–water partition coefficient (Wildman–Crippen LogP) is 4.09. The summed E-state index contributed by atoms with van der Waals surface area (Å²) in [4.78, 5) is 0. The standard InChI is InChI=1S/C13H17Cl2N/c1-3-16-12-7-10(8(12)2)9-5-4-6-11(14)13(9)15/h4-6,8,10,12,16H,3,7H2,1-2H3. The van der Waals surface area contributed by atoms with Crippen molar-refractivity contribution >= 4 is 23.2 Å². The second-order valence-corrected chi connectivity index (χ2v) is 5.29. The first-order valence-electron chi connectivity index (χ1n) is 5.82. The summed E-state index contributed by atoms with van der Waals surface area (Å²) in [5.74, 6) is 1.19. The van der Waals surface area contributed by atoms with Crippen LogP contribution in [-0.4, -0.2) is 12.6 Å². The highest BCUT2D eigenvalue weighted by atomic mass is 35.5. The minimum atomic E-state index is 0.551. The van der Waals surface area contributed by atoms with Crippen LogP contribution in [0.2, 0.25) is 10.0 Å². The van der Waals surface area contributed by atoms with E-state index in [1.165, 1.54) is 5.56 Å². The molecule has 1 aromatic carbocycles. The molecule has 3 unspecified atom stereocenters. The molecule has 0 spiro atoms. The van der Waals surface area contributed by atoms with Crippen molar-refractivity contribution in [3.05, 3.63) is 33.8 Å². The summed E-state index contributed by atoms with van der Waals surface area (Å²) >= 11 is 12.3. The van der Waals surface area contributed by atoms with Crippen LogP contribution in [0.25, 0.3) is 0 Å². The summed E-state index contributed by atoms with van der Waals surface area (Å²) in [6, 6.07) is 6.55. The van der Waals surface area contributed by atoms with E-state index in [4.69, 9.17) is 23.2 Å². The minimum absolute atomic E-state index is 0.551. The molecule has 0 bridgehead atoms. The molecule has 88 valence electrons. The maximum Gasteiger partial charge on any atom is 0.0627 e. The Morgan fingerprint density at radius 2 is 2.12 bits per heavy atom. The highest BCUT2D eigenvalue weighted by Crippen LogP contribution is 2.46. The Balaban J connectivity index is 2.13. The number of nitrogens with one attached hydrogen (secondary N) is 1. The van der Waals surface area contributed by atoms with Gasteiger partial charge in [0.05, 0.1) is 10.0 Å². The predicted molar refractivity (Wildman–Crippen MR) is 70.4 cm³/mol. The number of hydrogen-bond acceptors (Lipinski definition) is 1. The fraction of sp³-hybridized carbons (Fsp3) is 0.538. The molecule has 0 aromatic heterocycles. The topological polar surface area (TPSA) is 12.0 Å². The van der Waals surface area contributed by atoms with Crippen molar-refractivity contribution in [2.24, 2.45) is 5.92 Å². The molecule has 0 saturated heterocycles. The Hall–Kier alpha value is -0.240. The van der Waals surface area contributed by atoms with Crippen LogP contribution >= 0.6 is 23.2 Å². The molecule has 1 aromatic rings. The van der Waals surface area contributed by atoms with Crippen LogP contribution in [0.15, 0.2) is 18.2 Å². The molecule has 0 heterocycles. The molecular weight excluding hydrogens is 241 g/mol. The summed E-state index contributed by atoms with van der Waals surface area (Å²) in [6.45, 7) is 5.45. The molecule has 0 radical (unpaired) electrons. The van der Waals surface area contributed by atoms with Gasteiger partial charge in [-0.3, -0.25) is 0 Å². The molecule has 16 heavy (non-hydrogen) atoms. The fourth-order valence-electron chi connectivity index (χ4n) is 2.54. The number of hydrogen-bond donors (Lipinski definition) is 1. The third-order valence-corrected chi connectivity index (χ3v) is 4.46. The second kappa shape index (κ2) is 4.95. The maximum atomic E-state index is 6.24. The lowest BCUT2D eigenvalue weighted by molar-refractivity contribution is 0.187. The molecule has 1 aliphatic rings. The normalized spacial score (nSPS) is 28.9. The molecular formula is C13H17Cl2N. The molecule has 2 rings (SSSR count). The first-order valence-corrected chi connectivity index (χ1v) is 6.58. The Bertz CT molecular complexity index is 378. The van der Waals surface area contributed by atoms with Crippen LogP contribution in [0.4, 0.5) is 0 Å². The zero-order chi connectivity index (χ0) is 11.7. The van der Waals surface area contributed by atoms with E-state index in [0.29, 0.717) is 22.9 Å². The van der Waals surface area contributed by atoms with Gasteiger partial charge in [-0.05, 0) is 36.4 Å². The Kier molecular flexibility index (Phi) is 3.78. The highest BCUT2D eigenvalue weighted by Gasteiger charge is 2.38. The zero-order valence-electron chi connectivity index (χ0n) is 9.63. The smallest absolute Gasteiger partial charge is 0.0627 e. The first kappa shape index (κ1) is 12.2. The first-order chi connectivity index (χ1) is 7.65. The van der Waals surface area contributed by atoms with Gasteiger partial charge in [-0.15, -0.1) is 0 Å². The van der Waals surface area contributed by atoms with E-state index in [0.717, 1.165) is 18.0 Å². The molecule has 1 aliphatic carbocycles. The van der Waals surface area contributed by atoms with Gasteiger partial charge in [-0.1, -0.05) is 49.2 Å². The molecule has 1 N–H and O–H groups in total. The average molecular weight is 258 g/mol. The van der Waals surface area contributed by atoms with Gasteiger partial charge in [-0.25, -0.2) is 0 Å². The van der Waals surface area contributed by atoms with Crippen molar-refractivity contribution in [3.63, 3.8) is 0 Å². The largest absolute Gasteiger partial charge is 0.314 e. The minimum Gasteiger partial charge on any atom is -0.314 e. The van der Waals surface area contributed by atoms with Crippen molar-refractivity contribution in [1.82, 2.24) is 5.32 Å². The van der Waals surface area contributed by atoms with Gasteiger partial charge in [0.15, 0.2) is 0 Å². The average Bonchev–Trinajstić information content (AvgIpc) is 2.28. The SMILES string of the molecule is CCNC1CC(c2cccc(Cl)c2Cl)C1C. The molecule has 1 nitrogen and oxygen atoms in total. The third-order valence-electron chi connectivity index (χ3n) is 3.62. The lowest BCUT2D eigenvalue weighted by atomic mass is 9.67. The maximum absolute atomic E-state index is 6.24. The van der Waals surface area contributed by atoms with Gasteiger partial charge in [0.1, 0.15) is 0 Å². The van der Waals surface area contributed by atoms with Crippen LogP contribution in [0.1, 0.15) is 31.7 Å². The highest BCUT2D eigenvalue weighted by molar-refractivity contribution is 6.42. The van der Waals surface area contributed by atoms with Gasteiger partial charge < -0.3 is 5.32 Å². The quantitative estimate of drug-likeness (QED) is 0.860.